The molecular formula is C15H16N4O. The minimum atomic E-state index is -0.307. The monoisotopic (exact) mass is 268 g/mol. The number of para-hydroxylation sites is 1. The lowest BCUT2D eigenvalue weighted by Crippen LogP contribution is -2.17. The van der Waals surface area contributed by atoms with E-state index in [2.05, 4.69) is 10.3 Å². The third kappa shape index (κ3) is 2.12. The molecule has 2 N–H and O–H groups in total. The molecule has 2 aromatic heterocycles. The van der Waals surface area contributed by atoms with Gasteiger partial charge in [-0.3, -0.25) is 0 Å². The first-order valence-corrected chi connectivity index (χ1v) is 6.59. The number of hydrogen-bond donors (Lipinski definition) is 1. The highest BCUT2D eigenvalue weighted by atomic mass is 16.3. The highest BCUT2D eigenvalue weighted by Crippen LogP contribution is 2.25. The van der Waals surface area contributed by atoms with Crippen LogP contribution in [0.3, 0.4) is 0 Å². The van der Waals surface area contributed by atoms with Crippen LogP contribution in [0.15, 0.2) is 53.3 Å². The molecule has 0 spiro atoms. The third-order valence-corrected chi connectivity index (χ3v) is 3.33. The minimum absolute atomic E-state index is 0.307. The molecule has 1 atom stereocenters. The average molecular weight is 268 g/mol. The molecule has 3 aromatic rings. The number of aryl methyl sites for hydroxylation is 1. The van der Waals surface area contributed by atoms with Crippen LogP contribution in [0.1, 0.15) is 30.0 Å². The second-order valence-electron chi connectivity index (χ2n) is 4.54. The maximum absolute atomic E-state index is 6.36. The first-order chi connectivity index (χ1) is 9.81. The van der Waals surface area contributed by atoms with Crippen molar-refractivity contribution in [3.05, 3.63) is 65.9 Å². The standard InChI is InChI=1S/C15H16N4O/c1-2-14-12(8-9-20-14)15(16)13-10-17-18-19(13)11-6-4-3-5-7-11/h3-10,15H,2,16H2,1H3. The molecule has 5 heteroatoms. The maximum Gasteiger partial charge on any atom is 0.108 e. The summed E-state index contributed by atoms with van der Waals surface area (Å²) in [6.45, 7) is 2.04. The van der Waals surface area contributed by atoms with Crippen LogP contribution in [-0.4, -0.2) is 15.0 Å². The van der Waals surface area contributed by atoms with E-state index in [1.54, 1.807) is 17.1 Å². The zero-order valence-corrected chi connectivity index (χ0v) is 11.2. The van der Waals surface area contributed by atoms with Crippen LogP contribution < -0.4 is 5.73 Å². The van der Waals surface area contributed by atoms with Crippen LogP contribution in [0, 0.1) is 0 Å². The molecule has 20 heavy (non-hydrogen) atoms. The second kappa shape index (κ2) is 5.30. The molecule has 0 amide bonds. The van der Waals surface area contributed by atoms with Crippen LogP contribution in [0.25, 0.3) is 5.69 Å². The van der Waals surface area contributed by atoms with Crippen molar-refractivity contribution in [2.75, 3.05) is 0 Å². The summed E-state index contributed by atoms with van der Waals surface area (Å²) in [5.41, 5.74) is 9.12. The van der Waals surface area contributed by atoms with Crippen molar-refractivity contribution in [2.45, 2.75) is 19.4 Å². The number of rotatable bonds is 4. The summed E-state index contributed by atoms with van der Waals surface area (Å²) in [5, 5.41) is 8.12. The van der Waals surface area contributed by atoms with Crippen molar-refractivity contribution < 1.29 is 4.42 Å². The number of furan rings is 1. The Morgan fingerprint density at radius 1 is 1.25 bits per heavy atom. The van der Waals surface area contributed by atoms with E-state index in [0.29, 0.717) is 0 Å². The predicted octanol–water partition coefficient (Wildman–Crippen LogP) is 2.47. The van der Waals surface area contributed by atoms with Gasteiger partial charge < -0.3 is 10.2 Å². The summed E-state index contributed by atoms with van der Waals surface area (Å²) in [6, 6.07) is 11.4. The molecule has 1 unspecified atom stereocenters. The lowest BCUT2D eigenvalue weighted by atomic mass is 10.0. The van der Waals surface area contributed by atoms with Gasteiger partial charge in [0.1, 0.15) is 5.76 Å². The zero-order chi connectivity index (χ0) is 13.9. The topological polar surface area (TPSA) is 69.9 Å². The van der Waals surface area contributed by atoms with Crippen LogP contribution >= 0.6 is 0 Å². The SMILES string of the molecule is CCc1occc1C(N)c1cnnn1-c1ccccc1. The molecule has 3 rings (SSSR count). The summed E-state index contributed by atoms with van der Waals surface area (Å²) in [5.74, 6) is 0.901. The van der Waals surface area contributed by atoms with Crippen molar-refractivity contribution in [1.82, 2.24) is 15.0 Å². The first-order valence-electron chi connectivity index (χ1n) is 6.59. The minimum Gasteiger partial charge on any atom is -0.469 e. The molecule has 0 saturated heterocycles. The largest absolute Gasteiger partial charge is 0.469 e. The van der Waals surface area contributed by atoms with Gasteiger partial charge in [-0.2, -0.15) is 0 Å². The first kappa shape index (κ1) is 12.6. The molecule has 0 aliphatic carbocycles. The van der Waals surface area contributed by atoms with Gasteiger partial charge in [0.05, 0.1) is 29.9 Å². The molecule has 0 aliphatic rings. The summed E-state index contributed by atoms with van der Waals surface area (Å²) < 4.78 is 7.21. The molecule has 0 aliphatic heterocycles. The van der Waals surface area contributed by atoms with Crippen molar-refractivity contribution in [2.24, 2.45) is 5.73 Å². The average Bonchev–Trinajstić information content (AvgIpc) is 3.16. The van der Waals surface area contributed by atoms with E-state index in [4.69, 9.17) is 10.2 Å². The third-order valence-electron chi connectivity index (χ3n) is 3.33. The molecule has 0 radical (unpaired) electrons. The van der Waals surface area contributed by atoms with E-state index < -0.39 is 0 Å². The Morgan fingerprint density at radius 3 is 2.80 bits per heavy atom. The lowest BCUT2D eigenvalue weighted by molar-refractivity contribution is 0.508. The van der Waals surface area contributed by atoms with Gasteiger partial charge >= 0.3 is 0 Å². The number of nitrogens with zero attached hydrogens (tertiary/aromatic N) is 3. The Balaban J connectivity index is 2.02. The van der Waals surface area contributed by atoms with Crippen molar-refractivity contribution >= 4 is 0 Å². The number of hydrogen-bond acceptors (Lipinski definition) is 4. The normalized spacial score (nSPS) is 12.5. The fraction of sp³-hybridized carbons (Fsp3) is 0.200. The van der Waals surface area contributed by atoms with Crippen LogP contribution in [0.2, 0.25) is 0 Å². The molecule has 1 aromatic carbocycles. The molecule has 0 fully saturated rings. The van der Waals surface area contributed by atoms with E-state index in [1.165, 1.54) is 0 Å². The summed E-state index contributed by atoms with van der Waals surface area (Å²) in [7, 11) is 0. The fourth-order valence-corrected chi connectivity index (χ4v) is 2.30. The summed E-state index contributed by atoms with van der Waals surface area (Å²) in [6.07, 6.45) is 4.18. The fourth-order valence-electron chi connectivity index (χ4n) is 2.30. The van der Waals surface area contributed by atoms with Gasteiger partial charge in [0, 0.05) is 12.0 Å². The summed E-state index contributed by atoms with van der Waals surface area (Å²) in [4.78, 5) is 0. The van der Waals surface area contributed by atoms with Gasteiger partial charge in [-0.1, -0.05) is 30.3 Å². The smallest absolute Gasteiger partial charge is 0.108 e. The number of nitrogens with two attached hydrogens (primary N) is 1. The molecule has 5 nitrogen and oxygen atoms in total. The van der Waals surface area contributed by atoms with Gasteiger partial charge in [0.15, 0.2) is 0 Å². The van der Waals surface area contributed by atoms with E-state index in [1.807, 2.05) is 43.3 Å². The summed E-state index contributed by atoms with van der Waals surface area (Å²) >= 11 is 0. The quantitative estimate of drug-likeness (QED) is 0.789. The molecule has 2 heterocycles. The van der Waals surface area contributed by atoms with Gasteiger partial charge in [-0.25, -0.2) is 4.68 Å². The Bertz CT molecular complexity index is 687. The second-order valence-corrected chi connectivity index (χ2v) is 4.54. The van der Waals surface area contributed by atoms with Crippen molar-refractivity contribution in [3.63, 3.8) is 0 Å². The van der Waals surface area contributed by atoms with Crippen LogP contribution in [0.5, 0.6) is 0 Å². The van der Waals surface area contributed by atoms with Gasteiger partial charge in [0.2, 0.25) is 0 Å². The van der Waals surface area contributed by atoms with E-state index >= 15 is 0 Å². The molecular weight excluding hydrogens is 252 g/mol. The predicted molar refractivity (Wildman–Crippen MR) is 75.5 cm³/mol. The number of aromatic nitrogens is 3. The van der Waals surface area contributed by atoms with E-state index in [-0.39, 0.29) is 6.04 Å². The van der Waals surface area contributed by atoms with Gasteiger partial charge in [-0.15, -0.1) is 5.10 Å². The Hall–Kier alpha value is -2.40. The Labute approximate surface area is 117 Å². The lowest BCUT2D eigenvalue weighted by Gasteiger charge is -2.13. The Morgan fingerprint density at radius 2 is 2.05 bits per heavy atom. The van der Waals surface area contributed by atoms with E-state index in [0.717, 1.165) is 29.1 Å². The Kier molecular flexibility index (Phi) is 3.35. The highest BCUT2D eigenvalue weighted by molar-refractivity contribution is 5.35. The van der Waals surface area contributed by atoms with Gasteiger partial charge in [-0.05, 0) is 18.2 Å². The molecule has 0 saturated carbocycles. The van der Waals surface area contributed by atoms with E-state index in [9.17, 15) is 0 Å². The zero-order valence-electron chi connectivity index (χ0n) is 11.2. The highest BCUT2D eigenvalue weighted by Gasteiger charge is 2.20. The van der Waals surface area contributed by atoms with Crippen molar-refractivity contribution in [3.8, 4) is 5.69 Å². The number of benzene rings is 1. The van der Waals surface area contributed by atoms with Crippen LogP contribution in [0.4, 0.5) is 0 Å². The van der Waals surface area contributed by atoms with Gasteiger partial charge in [0.25, 0.3) is 0 Å². The molecule has 0 bridgehead atoms. The maximum atomic E-state index is 6.36. The van der Waals surface area contributed by atoms with Crippen molar-refractivity contribution in [1.29, 1.82) is 0 Å². The molecule has 102 valence electrons. The van der Waals surface area contributed by atoms with Crippen LogP contribution in [-0.2, 0) is 6.42 Å².